The highest BCUT2D eigenvalue weighted by Crippen LogP contribution is 2.66. The number of aromatic hydroxyl groups is 1. The first-order chi connectivity index (χ1) is 29.3. The summed E-state index contributed by atoms with van der Waals surface area (Å²) >= 11 is 0. The van der Waals surface area contributed by atoms with Crippen molar-refractivity contribution < 1.29 is 43.6 Å². The second-order valence-corrected chi connectivity index (χ2v) is 15.7. The molecule has 4 aliphatic rings. The highest BCUT2D eigenvalue weighted by atomic mass is 16.6. The van der Waals surface area contributed by atoms with E-state index in [2.05, 4.69) is 11.8 Å². The Hall–Kier alpha value is -6.00. The van der Waals surface area contributed by atoms with Crippen molar-refractivity contribution in [2.75, 3.05) is 44.9 Å². The zero-order chi connectivity index (χ0) is 41.8. The predicted octanol–water partition coefficient (Wildman–Crippen LogP) is 6.37. The van der Waals surface area contributed by atoms with Gasteiger partial charge in [0.25, 0.3) is 0 Å². The van der Waals surface area contributed by atoms with Gasteiger partial charge in [-0.3, -0.25) is 19.3 Å². The van der Waals surface area contributed by atoms with Crippen LogP contribution in [0.4, 0.5) is 10.5 Å². The number of amides is 3. The third-order valence-corrected chi connectivity index (χ3v) is 12.3. The fourth-order valence-electron chi connectivity index (χ4n) is 9.76. The number of nitrogens with zero attached hydrogens (tertiary/aromatic N) is 3. The first-order valence-corrected chi connectivity index (χ1v) is 20.7. The predicted molar refractivity (Wildman–Crippen MR) is 221 cm³/mol. The number of imide groups is 1. The van der Waals surface area contributed by atoms with Crippen LogP contribution in [-0.2, 0) is 34.0 Å². The Kier molecular flexibility index (Phi) is 12.0. The number of aliphatic hydroxyl groups excluding tert-OH is 1. The van der Waals surface area contributed by atoms with Crippen LogP contribution in [0.15, 0.2) is 103 Å². The SMILES string of the molecule is COCCOC(=O)N1C(=O)C2(c3cc(C#CCCO)ccc31)C(C(=O)N1CCCCCCC1)C1C(=O)OC(c3ccccc3)C(c3ccccc3)N1C2c1ccc(O)cc1. The molecule has 4 aromatic carbocycles. The average Bonchev–Trinajstić information content (AvgIpc) is 3.70. The van der Waals surface area contributed by atoms with Crippen LogP contribution >= 0.6 is 0 Å². The Bertz CT molecular complexity index is 2270. The molecule has 0 bridgehead atoms. The standard InChI is InChI=1S/C48H49N3O9/c1-58-29-30-59-47(57)50-38-25-20-32(15-11-14-28-52)31-37(38)48(46(50)56)39(44(54)49-26-12-3-2-4-13-27-49)41-45(55)60-42(34-18-9-6-10-19-34)40(33-16-7-5-8-17-33)51(41)43(48)35-21-23-36(53)24-22-35/h5-10,16-25,31,39-43,52-53H,2-4,12-14,26-30H2,1H3. The van der Waals surface area contributed by atoms with Gasteiger partial charge >= 0.3 is 12.1 Å². The molecule has 60 heavy (non-hydrogen) atoms. The number of ether oxygens (including phenoxy) is 3. The normalized spacial score (nSPS) is 25.1. The van der Waals surface area contributed by atoms with Crippen molar-refractivity contribution in [1.82, 2.24) is 9.80 Å². The molecule has 1 spiro atoms. The number of aliphatic hydroxyl groups is 1. The van der Waals surface area contributed by atoms with Gasteiger partial charge < -0.3 is 29.3 Å². The monoisotopic (exact) mass is 811 g/mol. The smallest absolute Gasteiger partial charge is 0.421 e. The van der Waals surface area contributed by atoms with Crippen LogP contribution in [0.1, 0.15) is 84.5 Å². The first-order valence-electron chi connectivity index (χ1n) is 20.7. The lowest BCUT2D eigenvalue weighted by Gasteiger charge is -2.46. The number of fused-ring (bicyclic) bond motifs is 3. The van der Waals surface area contributed by atoms with E-state index in [1.807, 2.05) is 65.6 Å². The molecule has 310 valence electrons. The summed E-state index contributed by atoms with van der Waals surface area (Å²) in [5, 5.41) is 20.2. The molecule has 0 aromatic heterocycles. The number of methoxy groups -OCH3 is 1. The van der Waals surface area contributed by atoms with Gasteiger partial charge in [-0.15, -0.1) is 0 Å². The lowest BCUT2D eigenvalue weighted by molar-refractivity contribution is -0.179. The fourth-order valence-corrected chi connectivity index (χ4v) is 9.76. The Morgan fingerprint density at radius 2 is 1.48 bits per heavy atom. The molecule has 0 saturated carbocycles. The molecule has 12 nitrogen and oxygen atoms in total. The van der Waals surface area contributed by atoms with Gasteiger partial charge in [0.1, 0.15) is 29.9 Å². The van der Waals surface area contributed by atoms with E-state index in [4.69, 9.17) is 14.2 Å². The van der Waals surface area contributed by atoms with Crippen molar-refractivity contribution in [2.24, 2.45) is 5.92 Å². The van der Waals surface area contributed by atoms with Crippen LogP contribution in [0.3, 0.4) is 0 Å². The summed E-state index contributed by atoms with van der Waals surface area (Å²) in [6, 6.07) is 27.4. The van der Waals surface area contributed by atoms with Gasteiger partial charge in [0, 0.05) is 32.2 Å². The van der Waals surface area contributed by atoms with E-state index in [1.54, 1.807) is 35.2 Å². The van der Waals surface area contributed by atoms with E-state index in [0.29, 0.717) is 29.8 Å². The minimum atomic E-state index is -1.94. The molecule has 4 heterocycles. The summed E-state index contributed by atoms with van der Waals surface area (Å²) in [4.78, 5) is 66.4. The average molecular weight is 812 g/mol. The molecule has 3 saturated heterocycles. The van der Waals surface area contributed by atoms with E-state index < -0.39 is 53.5 Å². The summed E-state index contributed by atoms with van der Waals surface area (Å²) in [7, 11) is 1.47. The topological polar surface area (TPSA) is 146 Å². The van der Waals surface area contributed by atoms with Gasteiger partial charge in [-0.2, -0.15) is 0 Å². The van der Waals surface area contributed by atoms with E-state index in [9.17, 15) is 15.0 Å². The second kappa shape index (κ2) is 17.7. The number of carbonyl (C=O) groups is 4. The van der Waals surface area contributed by atoms with Crippen molar-refractivity contribution in [3.05, 3.63) is 131 Å². The Morgan fingerprint density at radius 1 is 0.817 bits per heavy atom. The van der Waals surface area contributed by atoms with E-state index in [0.717, 1.165) is 48.1 Å². The van der Waals surface area contributed by atoms with Crippen molar-refractivity contribution in [3.63, 3.8) is 0 Å². The lowest BCUT2D eigenvalue weighted by atomic mass is 9.64. The molecule has 3 fully saturated rings. The Labute approximate surface area is 349 Å². The molecule has 8 rings (SSSR count). The molecular weight excluding hydrogens is 763 g/mol. The number of likely N-dealkylation sites (tertiary alicyclic amines) is 1. The van der Waals surface area contributed by atoms with E-state index in [1.165, 1.54) is 19.2 Å². The third-order valence-electron chi connectivity index (χ3n) is 12.3. The van der Waals surface area contributed by atoms with Crippen molar-refractivity contribution in [3.8, 4) is 17.6 Å². The van der Waals surface area contributed by atoms with Gasteiger partial charge in [0.05, 0.1) is 36.9 Å². The molecular formula is C48H49N3O9. The quantitative estimate of drug-likeness (QED) is 0.117. The number of anilines is 1. The number of morpholine rings is 1. The molecule has 0 radical (unpaired) electrons. The molecule has 3 amide bonds. The summed E-state index contributed by atoms with van der Waals surface area (Å²) in [6.45, 7) is 0.655. The number of phenols is 1. The Morgan fingerprint density at radius 3 is 2.15 bits per heavy atom. The highest BCUT2D eigenvalue weighted by molar-refractivity contribution is 6.23. The van der Waals surface area contributed by atoms with Crippen LogP contribution in [-0.4, -0.2) is 90.0 Å². The van der Waals surface area contributed by atoms with Gasteiger partial charge in [0.15, 0.2) is 0 Å². The van der Waals surface area contributed by atoms with Crippen molar-refractivity contribution in [2.45, 2.75) is 68.2 Å². The number of rotatable bonds is 8. The number of benzene rings is 4. The molecule has 12 heteroatoms. The first kappa shape index (κ1) is 40.8. The number of esters is 1. The number of hydrogen-bond acceptors (Lipinski definition) is 10. The number of carbonyl (C=O) groups excluding carboxylic acids is 4. The minimum absolute atomic E-state index is 0.0154. The van der Waals surface area contributed by atoms with Gasteiger partial charge in [-0.25, -0.2) is 9.69 Å². The summed E-state index contributed by atoms with van der Waals surface area (Å²) in [6.07, 6.45) is 2.79. The number of phenolic OH excluding ortho intramolecular Hbond substituents is 1. The third kappa shape index (κ3) is 7.21. The van der Waals surface area contributed by atoms with Gasteiger partial charge in [-0.05, 0) is 65.4 Å². The molecule has 4 aromatic rings. The largest absolute Gasteiger partial charge is 0.508 e. The highest BCUT2D eigenvalue weighted by Gasteiger charge is 2.76. The molecule has 4 aliphatic heterocycles. The van der Waals surface area contributed by atoms with Crippen LogP contribution in [0.25, 0.3) is 0 Å². The summed E-state index contributed by atoms with van der Waals surface area (Å²) in [5.74, 6) is 2.87. The maximum absolute atomic E-state index is 16.2. The number of hydrogen-bond donors (Lipinski definition) is 2. The lowest BCUT2D eigenvalue weighted by Crippen LogP contribution is -2.56. The molecule has 0 aliphatic carbocycles. The molecule has 6 atom stereocenters. The summed E-state index contributed by atoms with van der Waals surface area (Å²) < 4.78 is 17.4. The summed E-state index contributed by atoms with van der Waals surface area (Å²) in [5.41, 5.74) is 1.12. The zero-order valence-electron chi connectivity index (χ0n) is 33.6. The minimum Gasteiger partial charge on any atom is -0.508 e. The fraction of sp³-hybridized carbons (Fsp3) is 0.375. The van der Waals surface area contributed by atoms with Crippen LogP contribution < -0.4 is 4.90 Å². The molecule has 6 unspecified atom stereocenters. The maximum Gasteiger partial charge on any atom is 0.421 e. The molecule has 2 N–H and O–H groups in total. The number of cyclic esters (lactones) is 1. The van der Waals surface area contributed by atoms with E-state index in [-0.39, 0.29) is 43.6 Å². The van der Waals surface area contributed by atoms with Crippen molar-refractivity contribution >= 4 is 29.6 Å². The second-order valence-electron chi connectivity index (χ2n) is 15.7. The van der Waals surface area contributed by atoms with Crippen molar-refractivity contribution in [1.29, 1.82) is 0 Å². The van der Waals surface area contributed by atoms with Crippen LogP contribution in [0, 0.1) is 17.8 Å². The zero-order valence-corrected chi connectivity index (χ0v) is 33.6. The van der Waals surface area contributed by atoms with E-state index >= 15 is 14.4 Å². The van der Waals surface area contributed by atoms with Gasteiger partial charge in [0.2, 0.25) is 11.8 Å². The van der Waals surface area contributed by atoms with Gasteiger partial charge in [-0.1, -0.05) is 104 Å². The maximum atomic E-state index is 16.2. The van der Waals surface area contributed by atoms with Crippen LogP contribution in [0.5, 0.6) is 5.75 Å². The Balaban J connectivity index is 1.46. The van der Waals surface area contributed by atoms with Crippen LogP contribution in [0.2, 0.25) is 0 Å².